The van der Waals surface area contributed by atoms with Crippen LogP contribution in [0, 0.1) is 5.82 Å². The highest BCUT2D eigenvalue weighted by molar-refractivity contribution is 7.89. The van der Waals surface area contributed by atoms with Crippen LogP contribution in [0.3, 0.4) is 0 Å². The highest BCUT2D eigenvalue weighted by atomic mass is 32.2. The number of thiocarbonyl (C=S) groups is 1. The first kappa shape index (κ1) is 20.9. The zero-order valence-electron chi connectivity index (χ0n) is 14.8. The normalized spacial score (nSPS) is 12.3. The van der Waals surface area contributed by atoms with E-state index in [0.29, 0.717) is 12.1 Å². The van der Waals surface area contributed by atoms with Crippen LogP contribution in [-0.2, 0) is 10.0 Å². The molecule has 0 aliphatic carbocycles. The molecule has 9 heteroatoms. The number of nitrogens with one attached hydrogen (secondary N) is 3. The quantitative estimate of drug-likeness (QED) is 0.639. The molecule has 0 aromatic heterocycles. The Labute approximate surface area is 163 Å². The van der Waals surface area contributed by atoms with E-state index in [9.17, 15) is 17.6 Å². The molecule has 6 nitrogen and oxygen atoms in total. The molecule has 0 saturated heterocycles. The van der Waals surface area contributed by atoms with E-state index in [1.165, 1.54) is 42.5 Å². The predicted molar refractivity (Wildman–Crippen MR) is 107 cm³/mol. The molecule has 144 valence electrons. The topological polar surface area (TPSA) is 87.3 Å². The van der Waals surface area contributed by atoms with E-state index in [4.69, 9.17) is 12.2 Å². The lowest BCUT2D eigenvalue weighted by Crippen LogP contribution is -2.34. The number of benzene rings is 2. The van der Waals surface area contributed by atoms with E-state index in [-0.39, 0.29) is 21.6 Å². The minimum atomic E-state index is -3.60. The van der Waals surface area contributed by atoms with Gasteiger partial charge in [0.1, 0.15) is 5.82 Å². The lowest BCUT2D eigenvalue weighted by atomic mass is 10.2. The lowest BCUT2D eigenvalue weighted by molar-refractivity contribution is 0.0974. The number of rotatable bonds is 6. The number of amides is 1. The summed E-state index contributed by atoms with van der Waals surface area (Å²) in [7, 11) is -3.60. The molecule has 1 unspecified atom stereocenters. The third-order valence-electron chi connectivity index (χ3n) is 3.74. The Morgan fingerprint density at radius 2 is 1.78 bits per heavy atom. The number of anilines is 1. The van der Waals surface area contributed by atoms with E-state index >= 15 is 0 Å². The van der Waals surface area contributed by atoms with Crippen molar-refractivity contribution < 1.29 is 17.6 Å². The molecule has 0 bridgehead atoms. The third kappa shape index (κ3) is 5.81. The van der Waals surface area contributed by atoms with Gasteiger partial charge in [-0.05, 0) is 62.0 Å². The molecule has 0 saturated carbocycles. The van der Waals surface area contributed by atoms with Crippen LogP contribution < -0.4 is 15.4 Å². The number of hydrogen-bond acceptors (Lipinski definition) is 4. The van der Waals surface area contributed by atoms with Crippen LogP contribution >= 0.6 is 12.2 Å². The second-order valence-electron chi connectivity index (χ2n) is 5.84. The van der Waals surface area contributed by atoms with Gasteiger partial charge in [-0.25, -0.2) is 17.5 Å². The molecule has 3 N–H and O–H groups in total. The van der Waals surface area contributed by atoms with Gasteiger partial charge in [0.25, 0.3) is 5.91 Å². The zero-order valence-corrected chi connectivity index (χ0v) is 16.5. The van der Waals surface area contributed by atoms with Crippen molar-refractivity contribution in [3.05, 3.63) is 59.9 Å². The van der Waals surface area contributed by atoms with Gasteiger partial charge in [-0.3, -0.25) is 10.1 Å². The Balaban J connectivity index is 2.01. The Bertz CT molecular complexity index is 931. The fraction of sp³-hybridized carbons (Fsp3) is 0.222. The molecule has 2 aromatic carbocycles. The van der Waals surface area contributed by atoms with Gasteiger partial charge in [-0.1, -0.05) is 19.1 Å². The van der Waals surface area contributed by atoms with Crippen molar-refractivity contribution in [2.45, 2.75) is 31.2 Å². The van der Waals surface area contributed by atoms with Gasteiger partial charge in [0, 0.05) is 11.7 Å². The van der Waals surface area contributed by atoms with Crippen LogP contribution in [0.15, 0.2) is 53.4 Å². The second-order valence-corrected chi connectivity index (χ2v) is 7.97. The standard InChI is InChI=1S/C18H20FN3O3S2/c1-3-12(2)22-27(24,25)14-10-8-13(9-11-14)20-18(26)21-17(23)15-6-4-5-7-16(15)19/h4-12,22H,3H2,1-2H3,(H2,20,21,23,26). The van der Waals surface area contributed by atoms with Gasteiger partial charge in [0.2, 0.25) is 10.0 Å². The van der Waals surface area contributed by atoms with Crippen molar-refractivity contribution in [3.8, 4) is 0 Å². The van der Waals surface area contributed by atoms with E-state index in [1.54, 1.807) is 13.0 Å². The summed E-state index contributed by atoms with van der Waals surface area (Å²) in [5, 5.41) is 5.10. The fourth-order valence-electron chi connectivity index (χ4n) is 2.11. The van der Waals surface area contributed by atoms with Crippen molar-refractivity contribution in [2.75, 3.05) is 5.32 Å². The van der Waals surface area contributed by atoms with Crippen molar-refractivity contribution in [3.63, 3.8) is 0 Å². The molecule has 0 fully saturated rings. The summed E-state index contributed by atoms with van der Waals surface area (Å²) < 4.78 is 40.6. The van der Waals surface area contributed by atoms with Crippen molar-refractivity contribution >= 4 is 38.9 Å². The maximum Gasteiger partial charge on any atom is 0.260 e. The second kappa shape index (κ2) is 9.03. The first-order valence-electron chi connectivity index (χ1n) is 8.22. The van der Waals surface area contributed by atoms with Gasteiger partial charge >= 0.3 is 0 Å². The number of carbonyl (C=O) groups excluding carboxylic acids is 1. The van der Waals surface area contributed by atoms with Crippen molar-refractivity contribution in [1.82, 2.24) is 10.0 Å². The summed E-state index contributed by atoms with van der Waals surface area (Å²) in [4.78, 5) is 12.1. The molecule has 2 aromatic rings. The highest BCUT2D eigenvalue weighted by Gasteiger charge is 2.16. The Morgan fingerprint density at radius 3 is 2.37 bits per heavy atom. The Kier molecular flexibility index (Phi) is 7.00. The summed E-state index contributed by atoms with van der Waals surface area (Å²) in [6.45, 7) is 3.67. The summed E-state index contributed by atoms with van der Waals surface area (Å²) in [6, 6.07) is 11.3. The highest BCUT2D eigenvalue weighted by Crippen LogP contribution is 2.15. The molecular weight excluding hydrogens is 389 g/mol. The van der Waals surface area contributed by atoms with E-state index in [1.807, 2.05) is 6.92 Å². The van der Waals surface area contributed by atoms with E-state index in [2.05, 4.69) is 15.4 Å². The molecule has 0 radical (unpaired) electrons. The molecule has 1 atom stereocenters. The number of hydrogen-bond donors (Lipinski definition) is 3. The van der Waals surface area contributed by atoms with Gasteiger partial charge < -0.3 is 5.32 Å². The average molecular weight is 410 g/mol. The zero-order chi connectivity index (χ0) is 20.0. The molecule has 0 aliphatic rings. The van der Waals surface area contributed by atoms with Crippen LogP contribution in [-0.4, -0.2) is 25.5 Å². The predicted octanol–water partition coefficient (Wildman–Crippen LogP) is 3.03. The van der Waals surface area contributed by atoms with Gasteiger partial charge in [0.15, 0.2) is 5.11 Å². The maximum absolute atomic E-state index is 13.6. The van der Waals surface area contributed by atoms with E-state index in [0.717, 1.165) is 0 Å². The first-order chi connectivity index (χ1) is 12.7. The largest absolute Gasteiger partial charge is 0.332 e. The average Bonchev–Trinajstić information content (AvgIpc) is 2.61. The van der Waals surface area contributed by atoms with Crippen molar-refractivity contribution in [2.24, 2.45) is 0 Å². The number of carbonyl (C=O) groups is 1. The summed E-state index contributed by atoms with van der Waals surface area (Å²) in [6.07, 6.45) is 0.675. The van der Waals surface area contributed by atoms with Gasteiger partial charge in [-0.2, -0.15) is 0 Å². The molecule has 0 aliphatic heterocycles. The van der Waals surface area contributed by atoms with Crippen LogP contribution in [0.4, 0.5) is 10.1 Å². The molecule has 0 heterocycles. The Morgan fingerprint density at radius 1 is 1.15 bits per heavy atom. The SMILES string of the molecule is CCC(C)NS(=O)(=O)c1ccc(NC(=S)NC(=O)c2ccccc2F)cc1. The monoisotopic (exact) mass is 409 g/mol. The summed E-state index contributed by atoms with van der Waals surface area (Å²) >= 11 is 5.04. The third-order valence-corrected chi connectivity index (χ3v) is 5.55. The number of halogens is 1. The molecule has 1 amide bonds. The fourth-order valence-corrected chi connectivity index (χ4v) is 3.65. The van der Waals surface area contributed by atoms with E-state index < -0.39 is 21.7 Å². The lowest BCUT2D eigenvalue weighted by Gasteiger charge is -2.13. The molecule has 2 rings (SSSR count). The minimum absolute atomic E-state index is 0.0309. The van der Waals surface area contributed by atoms with Gasteiger partial charge in [0.05, 0.1) is 10.5 Å². The smallest absolute Gasteiger partial charge is 0.260 e. The summed E-state index contributed by atoms with van der Waals surface area (Å²) in [5.74, 6) is -1.33. The number of sulfonamides is 1. The van der Waals surface area contributed by atoms with Crippen LogP contribution in [0.2, 0.25) is 0 Å². The maximum atomic E-state index is 13.6. The Hall–Kier alpha value is -2.36. The van der Waals surface area contributed by atoms with Crippen LogP contribution in [0.5, 0.6) is 0 Å². The molecule has 0 spiro atoms. The van der Waals surface area contributed by atoms with Crippen molar-refractivity contribution in [1.29, 1.82) is 0 Å². The van der Waals surface area contributed by atoms with Crippen LogP contribution in [0.1, 0.15) is 30.6 Å². The molecule has 27 heavy (non-hydrogen) atoms. The van der Waals surface area contributed by atoms with Gasteiger partial charge in [-0.15, -0.1) is 0 Å². The minimum Gasteiger partial charge on any atom is -0.332 e. The summed E-state index contributed by atoms with van der Waals surface area (Å²) in [5.41, 5.74) is 0.357. The first-order valence-corrected chi connectivity index (χ1v) is 10.1. The van der Waals surface area contributed by atoms with Crippen LogP contribution in [0.25, 0.3) is 0 Å². The molecular formula is C18H20FN3O3S2.